The highest BCUT2D eigenvalue weighted by Crippen LogP contribution is 2.17. The summed E-state index contributed by atoms with van der Waals surface area (Å²) in [4.78, 5) is 0. The lowest BCUT2D eigenvalue weighted by atomic mass is 10.7. The number of rotatable bonds is 2. The van der Waals surface area contributed by atoms with Crippen molar-refractivity contribution in [1.29, 1.82) is 0 Å². The predicted molar refractivity (Wildman–Crippen MR) is 52.2 cm³/mol. The summed E-state index contributed by atoms with van der Waals surface area (Å²) in [5.74, 6) is 0. The van der Waals surface area contributed by atoms with Gasteiger partial charge in [-0.15, -0.1) is 0 Å². The Morgan fingerprint density at radius 3 is 1.42 bits per heavy atom. The zero-order chi connectivity index (χ0) is 8.39. The van der Waals surface area contributed by atoms with E-state index in [4.69, 9.17) is 0 Å². The summed E-state index contributed by atoms with van der Waals surface area (Å²) in [6.45, 7) is 0. The molecule has 2 rings (SSSR count). The zero-order valence-electron chi connectivity index (χ0n) is 6.47. The Balaban J connectivity index is 2.27. The topological polar surface area (TPSA) is 9.86 Å². The molecule has 0 atom stereocenters. The Hall–Kier alpha value is -0.960. The molecule has 2 aromatic heterocycles. The molecule has 0 aliphatic rings. The van der Waals surface area contributed by atoms with Crippen molar-refractivity contribution in [2.45, 2.75) is 5.08 Å². The Morgan fingerprint density at radius 2 is 1.08 bits per heavy atom. The van der Waals surface area contributed by atoms with Gasteiger partial charge in [0.05, 0.1) is 0 Å². The predicted octanol–water partition coefficient (Wildman–Crippen LogP) is 2.69. The number of hydrogen-bond acceptors (Lipinski definition) is 0. The Kier molecular flexibility index (Phi) is 2.04. The Labute approximate surface area is 79.6 Å². The van der Waals surface area contributed by atoms with Crippen LogP contribution in [0.15, 0.2) is 49.1 Å². The van der Waals surface area contributed by atoms with Crippen LogP contribution in [-0.4, -0.2) is 9.13 Å². The number of nitrogens with zero attached hydrogens (tertiary/aromatic N) is 2. The van der Waals surface area contributed by atoms with Crippen LogP contribution >= 0.6 is 15.9 Å². The molecule has 0 radical (unpaired) electrons. The van der Waals surface area contributed by atoms with E-state index in [0.717, 1.165) is 0 Å². The van der Waals surface area contributed by atoms with Gasteiger partial charge < -0.3 is 9.13 Å². The van der Waals surface area contributed by atoms with E-state index in [-0.39, 0.29) is 5.08 Å². The fourth-order valence-corrected chi connectivity index (χ4v) is 1.68. The van der Waals surface area contributed by atoms with Crippen molar-refractivity contribution in [3.05, 3.63) is 49.1 Å². The van der Waals surface area contributed by atoms with E-state index < -0.39 is 0 Å². The van der Waals surface area contributed by atoms with Gasteiger partial charge in [0.2, 0.25) is 0 Å². The first-order valence-electron chi connectivity index (χ1n) is 3.77. The summed E-state index contributed by atoms with van der Waals surface area (Å²) in [7, 11) is 0. The number of halogens is 1. The number of hydrogen-bond donors (Lipinski definition) is 0. The minimum absolute atomic E-state index is 0.183. The van der Waals surface area contributed by atoms with Gasteiger partial charge in [0.1, 0.15) is 0 Å². The van der Waals surface area contributed by atoms with Gasteiger partial charge in [0.25, 0.3) is 0 Å². The molecule has 3 heteroatoms. The third-order valence-electron chi connectivity index (χ3n) is 1.75. The summed E-state index contributed by atoms with van der Waals surface area (Å²) in [5, 5.41) is 0.183. The van der Waals surface area contributed by atoms with Crippen LogP contribution in [0.1, 0.15) is 5.08 Å². The van der Waals surface area contributed by atoms with E-state index in [2.05, 4.69) is 25.1 Å². The average Bonchev–Trinajstić information content (AvgIpc) is 2.77. The van der Waals surface area contributed by atoms with Gasteiger partial charge in [-0.25, -0.2) is 0 Å². The van der Waals surface area contributed by atoms with Gasteiger partial charge in [0, 0.05) is 24.8 Å². The first-order chi connectivity index (χ1) is 5.88. The SMILES string of the molecule is BrC(n1cccc1)n1cccc1. The standard InChI is InChI=1S/C9H9BrN2/c10-9(11-5-1-2-6-11)12-7-3-4-8-12/h1-9H. The van der Waals surface area contributed by atoms with Crippen molar-refractivity contribution in [3.8, 4) is 0 Å². The molecule has 2 heterocycles. The maximum atomic E-state index is 3.58. The molecule has 0 aliphatic carbocycles. The van der Waals surface area contributed by atoms with Crippen LogP contribution in [0.3, 0.4) is 0 Å². The summed E-state index contributed by atoms with van der Waals surface area (Å²) < 4.78 is 4.17. The van der Waals surface area contributed by atoms with Gasteiger partial charge in [-0.3, -0.25) is 0 Å². The monoisotopic (exact) mass is 224 g/mol. The minimum Gasteiger partial charge on any atom is -0.324 e. The van der Waals surface area contributed by atoms with E-state index in [1.807, 2.05) is 49.1 Å². The average molecular weight is 225 g/mol. The first kappa shape index (κ1) is 7.68. The van der Waals surface area contributed by atoms with Gasteiger partial charge in [0.15, 0.2) is 5.08 Å². The van der Waals surface area contributed by atoms with Crippen LogP contribution in [0, 0.1) is 0 Å². The van der Waals surface area contributed by atoms with Gasteiger partial charge in [-0.2, -0.15) is 0 Å². The molecule has 12 heavy (non-hydrogen) atoms. The van der Waals surface area contributed by atoms with Crippen molar-refractivity contribution in [3.63, 3.8) is 0 Å². The Morgan fingerprint density at radius 1 is 0.750 bits per heavy atom. The Bertz CT molecular complexity index is 289. The van der Waals surface area contributed by atoms with E-state index in [9.17, 15) is 0 Å². The maximum Gasteiger partial charge on any atom is 0.166 e. The van der Waals surface area contributed by atoms with Crippen LogP contribution in [0.2, 0.25) is 0 Å². The molecule has 0 fully saturated rings. The molecule has 0 saturated carbocycles. The summed E-state index contributed by atoms with van der Waals surface area (Å²) >= 11 is 3.58. The molecular weight excluding hydrogens is 216 g/mol. The highest BCUT2D eigenvalue weighted by atomic mass is 79.9. The second kappa shape index (κ2) is 3.19. The molecule has 0 aliphatic heterocycles. The third kappa shape index (κ3) is 1.32. The first-order valence-corrected chi connectivity index (χ1v) is 4.68. The van der Waals surface area contributed by atoms with Crippen LogP contribution in [0.5, 0.6) is 0 Å². The largest absolute Gasteiger partial charge is 0.324 e. The molecule has 0 aromatic carbocycles. The molecule has 62 valence electrons. The molecular formula is C9H9BrN2. The summed E-state index contributed by atoms with van der Waals surface area (Å²) in [6.07, 6.45) is 8.11. The fraction of sp³-hybridized carbons (Fsp3) is 0.111. The van der Waals surface area contributed by atoms with Gasteiger partial charge >= 0.3 is 0 Å². The minimum atomic E-state index is 0.183. The lowest BCUT2D eigenvalue weighted by molar-refractivity contribution is 0.605. The highest BCUT2D eigenvalue weighted by Gasteiger charge is 2.03. The highest BCUT2D eigenvalue weighted by molar-refractivity contribution is 9.09. The quantitative estimate of drug-likeness (QED) is 0.695. The van der Waals surface area contributed by atoms with Gasteiger partial charge in [-0.1, -0.05) is 0 Å². The van der Waals surface area contributed by atoms with Crippen LogP contribution in [0.4, 0.5) is 0 Å². The fourth-order valence-electron chi connectivity index (χ4n) is 1.13. The zero-order valence-corrected chi connectivity index (χ0v) is 8.05. The van der Waals surface area contributed by atoms with Crippen LogP contribution in [-0.2, 0) is 0 Å². The van der Waals surface area contributed by atoms with Crippen LogP contribution in [0.25, 0.3) is 0 Å². The summed E-state index contributed by atoms with van der Waals surface area (Å²) in [6, 6.07) is 8.05. The van der Waals surface area contributed by atoms with Crippen molar-refractivity contribution < 1.29 is 0 Å². The second-order valence-electron chi connectivity index (χ2n) is 2.57. The van der Waals surface area contributed by atoms with Crippen molar-refractivity contribution in [2.24, 2.45) is 0 Å². The van der Waals surface area contributed by atoms with E-state index in [1.54, 1.807) is 0 Å². The number of aromatic nitrogens is 2. The van der Waals surface area contributed by atoms with E-state index in [1.165, 1.54) is 0 Å². The summed E-state index contributed by atoms with van der Waals surface area (Å²) in [5.41, 5.74) is 0. The molecule has 0 amide bonds. The molecule has 0 bridgehead atoms. The van der Waals surface area contributed by atoms with Crippen LogP contribution < -0.4 is 0 Å². The molecule has 2 aromatic rings. The smallest absolute Gasteiger partial charge is 0.166 e. The van der Waals surface area contributed by atoms with E-state index >= 15 is 0 Å². The molecule has 0 N–H and O–H groups in total. The maximum absolute atomic E-state index is 3.58. The second-order valence-corrected chi connectivity index (χ2v) is 3.39. The molecule has 2 nitrogen and oxygen atoms in total. The lowest BCUT2D eigenvalue weighted by Gasteiger charge is -2.13. The lowest BCUT2D eigenvalue weighted by Crippen LogP contribution is -2.07. The third-order valence-corrected chi connectivity index (χ3v) is 2.69. The van der Waals surface area contributed by atoms with Gasteiger partial charge in [-0.05, 0) is 40.2 Å². The van der Waals surface area contributed by atoms with Crippen molar-refractivity contribution in [2.75, 3.05) is 0 Å². The normalized spacial score (nSPS) is 10.8. The molecule has 0 saturated heterocycles. The molecule has 0 unspecified atom stereocenters. The molecule has 0 spiro atoms. The van der Waals surface area contributed by atoms with E-state index in [0.29, 0.717) is 0 Å². The van der Waals surface area contributed by atoms with Crippen molar-refractivity contribution >= 4 is 15.9 Å². The number of alkyl halides is 1. The van der Waals surface area contributed by atoms with Crippen molar-refractivity contribution in [1.82, 2.24) is 9.13 Å².